The molecule has 0 radical (unpaired) electrons. The number of ether oxygens (including phenoxy) is 1. The van der Waals surface area contributed by atoms with Crippen molar-refractivity contribution in [1.29, 1.82) is 0 Å². The van der Waals surface area contributed by atoms with Gasteiger partial charge in [-0.05, 0) is 0 Å². The molecule has 0 rings (SSSR count). The van der Waals surface area contributed by atoms with E-state index in [9.17, 15) is 39.9 Å². The van der Waals surface area contributed by atoms with Crippen LogP contribution >= 0.6 is 0 Å². The maximum atomic E-state index is 11.6. The van der Waals surface area contributed by atoms with Gasteiger partial charge < -0.3 is 50.7 Å². The minimum absolute atomic E-state index is 0.197. The molecule has 13 heteroatoms. The monoisotopic (exact) mass is 372 g/mol. The molecule has 0 saturated heterocycles. The third kappa shape index (κ3) is 6.26. The quantitative estimate of drug-likeness (QED) is 0.121. The zero-order valence-electron chi connectivity index (χ0n) is 12.6. The van der Waals surface area contributed by atoms with E-state index >= 15 is 0 Å². The molecule has 9 N–H and O–H groups in total. The Morgan fingerprint density at radius 3 is 1.72 bits per heavy atom. The molecule has 0 aromatic heterocycles. The number of carbonyl (C=O) groups excluding carboxylic acids is 2. The first kappa shape index (κ1) is 23.3. The van der Waals surface area contributed by atoms with Gasteiger partial charge in [0.05, 0.1) is 6.61 Å². The van der Waals surface area contributed by atoms with Crippen molar-refractivity contribution in [3.05, 3.63) is 0 Å². The Morgan fingerprint density at radius 1 is 0.840 bits per heavy atom. The van der Waals surface area contributed by atoms with Crippen molar-refractivity contribution in [2.45, 2.75) is 48.8 Å². The van der Waals surface area contributed by atoms with E-state index in [1.807, 2.05) is 0 Å². The molecule has 0 aliphatic carbocycles. The van der Waals surface area contributed by atoms with Crippen molar-refractivity contribution in [3.63, 3.8) is 0 Å². The molecular formula is C12H20O13. The minimum atomic E-state index is -2.63. The van der Waals surface area contributed by atoms with E-state index < -0.39 is 67.4 Å². The first-order chi connectivity index (χ1) is 11.5. The normalized spacial score (nSPS) is 21.1. The van der Waals surface area contributed by atoms with Crippen molar-refractivity contribution in [2.24, 2.45) is 0 Å². The highest BCUT2D eigenvalue weighted by Gasteiger charge is 2.40. The molecule has 0 aromatic rings. The average Bonchev–Trinajstić information content (AvgIpc) is 2.60. The molecule has 0 bridgehead atoms. The minimum Gasteiger partial charge on any atom is -0.479 e. The lowest BCUT2D eigenvalue weighted by Gasteiger charge is -2.27. The van der Waals surface area contributed by atoms with Crippen LogP contribution in [-0.2, 0) is 19.1 Å². The van der Waals surface area contributed by atoms with Crippen molar-refractivity contribution < 1.29 is 65.1 Å². The van der Waals surface area contributed by atoms with E-state index in [0.717, 1.165) is 0 Å². The largest absolute Gasteiger partial charge is 0.479 e. The lowest BCUT2D eigenvalue weighted by Crippen LogP contribution is -2.53. The number of hydrogen-bond acceptors (Lipinski definition) is 12. The summed E-state index contributed by atoms with van der Waals surface area (Å²) in [5.41, 5.74) is 0. The number of hydrogen-bond donors (Lipinski definition) is 9. The zero-order valence-corrected chi connectivity index (χ0v) is 12.6. The Morgan fingerprint density at radius 2 is 1.32 bits per heavy atom. The highest BCUT2D eigenvalue weighted by Crippen LogP contribution is 2.11. The molecule has 0 unspecified atom stereocenters. The van der Waals surface area contributed by atoms with E-state index in [-0.39, 0.29) is 6.29 Å². The van der Waals surface area contributed by atoms with Crippen molar-refractivity contribution in [2.75, 3.05) is 6.61 Å². The molecule has 13 nitrogen and oxygen atoms in total. The Balaban J connectivity index is 4.97. The summed E-state index contributed by atoms with van der Waals surface area (Å²) in [4.78, 5) is 32.8. The summed E-state index contributed by atoms with van der Waals surface area (Å²) >= 11 is 0. The van der Waals surface area contributed by atoms with Crippen LogP contribution in [0.25, 0.3) is 0 Å². The fourth-order valence-corrected chi connectivity index (χ4v) is 1.57. The predicted molar refractivity (Wildman–Crippen MR) is 72.7 cm³/mol. The predicted octanol–water partition coefficient (Wildman–Crippen LogP) is -6.30. The van der Waals surface area contributed by atoms with Gasteiger partial charge in [0, 0.05) is 0 Å². The molecule has 0 heterocycles. The highest BCUT2D eigenvalue weighted by molar-refractivity contribution is 5.78. The molecular weight excluding hydrogens is 352 g/mol. The van der Waals surface area contributed by atoms with Crippen LogP contribution in [0.5, 0.6) is 0 Å². The second-order valence-corrected chi connectivity index (χ2v) is 4.98. The van der Waals surface area contributed by atoms with Crippen LogP contribution in [0.1, 0.15) is 0 Å². The molecule has 146 valence electrons. The smallest absolute Gasteiger partial charge is 0.338 e. The number of aliphatic carboxylic acids is 1. The molecule has 0 aliphatic rings. The Bertz CT molecular complexity index is 454. The summed E-state index contributed by atoms with van der Waals surface area (Å²) in [6.45, 7) is -1.00. The van der Waals surface area contributed by atoms with Gasteiger partial charge in [-0.2, -0.15) is 0 Å². The summed E-state index contributed by atoms with van der Waals surface area (Å²) in [5.74, 6) is -3.78. The molecule has 0 fully saturated rings. The van der Waals surface area contributed by atoms with Crippen molar-refractivity contribution in [3.8, 4) is 0 Å². The van der Waals surface area contributed by atoms with E-state index in [2.05, 4.69) is 4.74 Å². The number of rotatable bonds is 11. The lowest BCUT2D eigenvalue weighted by atomic mass is 10.0. The van der Waals surface area contributed by atoms with Gasteiger partial charge in [-0.3, -0.25) is 4.79 Å². The second-order valence-electron chi connectivity index (χ2n) is 4.98. The Labute approximate surface area is 139 Å². The Hall–Kier alpha value is -1.71. The first-order valence-electron chi connectivity index (χ1n) is 6.75. The maximum absolute atomic E-state index is 11.6. The van der Waals surface area contributed by atoms with E-state index in [0.29, 0.717) is 0 Å². The molecule has 0 amide bonds. The molecule has 0 spiro atoms. The number of carboxylic acids is 1. The van der Waals surface area contributed by atoms with Crippen LogP contribution in [0.3, 0.4) is 0 Å². The molecule has 25 heavy (non-hydrogen) atoms. The fraction of sp³-hybridized carbons (Fsp3) is 0.750. The van der Waals surface area contributed by atoms with Crippen molar-refractivity contribution in [1.82, 2.24) is 0 Å². The number of aliphatic hydroxyl groups excluding tert-OH is 8. The lowest BCUT2D eigenvalue weighted by molar-refractivity contribution is -0.188. The van der Waals surface area contributed by atoms with E-state index in [4.69, 9.17) is 20.4 Å². The van der Waals surface area contributed by atoms with Crippen LogP contribution in [0.15, 0.2) is 0 Å². The van der Waals surface area contributed by atoms with Crippen LogP contribution in [0.2, 0.25) is 0 Å². The van der Waals surface area contributed by atoms with Gasteiger partial charge in [0.1, 0.15) is 30.5 Å². The van der Waals surface area contributed by atoms with E-state index in [1.54, 1.807) is 0 Å². The van der Waals surface area contributed by atoms with E-state index in [1.165, 1.54) is 0 Å². The van der Waals surface area contributed by atoms with Crippen LogP contribution in [0, 0.1) is 0 Å². The Kier molecular flexibility index (Phi) is 9.61. The van der Waals surface area contributed by atoms with Gasteiger partial charge in [0.15, 0.2) is 24.6 Å². The topological polar surface area (TPSA) is 243 Å². The van der Waals surface area contributed by atoms with Gasteiger partial charge >= 0.3 is 11.9 Å². The standard InChI is InChI=1S/C12H20O13/c13-1-3(15)5(16)6(17)4(2-14)25-12(24)10(21)8(19)7(18)9(20)11(22)23/h2-10,13,15-21H,1H2,(H,22,23)/t3-,4+,5-,6-,7+,8+,9+,10-/m1/s1. The van der Waals surface area contributed by atoms with Gasteiger partial charge in [0.2, 0.25) is 0 Å². The maximum Gasteiger partial charge on any atom is 0.338 e. The first-order valence-corrected chi connectivity index (χ1v) is 6.75. The average molecular weight is 372 g/mol. The van der Waals surface area contributed by atoms with Gasteiger partial charge in [-0.15, -0.1) is 0 Å². The van der Waals surface area contributed by atoms with Gasteiger partial charge in [0.25, 0.3) is 0 Å². The van der Waals surface area contributed by atoms with Crippen LogP contribution < -0.4 is 0 Å². The van der Waals surface area contributed by atoms with Crippen LogP contribution in [0.4, 0.5) is 0 Å². The molecule has 0 aromatic carbocycles. The number of carboxylic acid groups (broad SMARTS) is 1. The van der Waals surface area contributed by atoms with Crippen LogP contribution in [-0.4, -0.2) is 120 Å². The zero-order chi connectivity index (χ0) is 19.9. The molecule has 8 atom stereocenters. The number of aldehydes is 1. The highest BCUT2D eigenvalue weighted by atomic mass is 16.6. The number of carbonyl (C=O) groups is 3. The second kappa shape index (κ2) is 10.3. The van der Waals surface area contributed by atoms with Crippen molar-refractivity contribution >= 4 is 18.2 Å². The summed E-state index contributed by atoms with van der Waals surface area (Å²) in [5, 5.41) is 82.4. The SMILES string of the molecule is O=C[C@H](OC(=O)[C@H](O)[C@@H](O)[C@H](O)[C@H](O)C(=O)O)[C@@H](O)[C@H](O)[C@H](O)CO. The number of esters is 1. The van der Waals surface area contributed by atoms with Gasteiger partial charge in [-0.25, -0.2) is 9.59 Å². The number of aliphatic hydroxyl groups is 8. The van der Waals surface area contributed by atoms with Gasteiger partial charge in [-0.1, -0.05) is 0 Å². The fourth-order valence-electron chi connectivity index (χ4n) is 1.57. The molecule has 0 aliphatic heterocycles. The summed E-state index contributed by atoms with van der Waals surface area (Å²) < 4.78 is 4.29. The third-order valence-electron chi connectivity index (χ3n) is 3.15. The summed E-state index contributed by atoms with van der Waals surface area (Å²) in [6.07, 6.45) is -18.8. The third-order valence-corrected chi connectivity index (χ3v) is 3.15. The molecule has 0 saturated carbocycles. The summed E-state index contributed by atoms with van der Waals surface area (Å²) in [7, 11) is 0. The summed E-state index contributed by atoms with van der Waals surface area (Å²) in [6, 6.07) is 0.